The van der Waals surface area contributed by atoms with Gasteiger partial charge in [0.15, 0.2) is 0 Å². The zero-order valence-electron chi connectivity index (χ0n) is 9.45. The molecule has 1 unspecified atom stereocenters. The largest absolute Gasteiger partial charge is 0.310 e. The van der Waals surface area contributed by atoms with Crippen LogP contribution in [-0.4, -0.2) is 6.54 Å². The van der Waals surface area contributed by atoms with Gasteiger partial charge in [0.1, 0.15) is 0 Å². The van der Waals surface area contributed by atoms with Crippen molar-refractivity contribution < 1.29 is 0 Å². The summed E-state index contributed by atoms with van der Waals surface area (Å²) in [5, 5.41) is 6.29. The molecule has 0 aromatic heterocycles. The Labute approximate surface area is 96.5 Å². The van der Waals surface area contributed by atoms with Gasteiger partial charge in [0.05, 0.1) is 0 Å². The molecule has 1 fully saturated rings. The van der Waals surface area contributed by atoms with Crippen molar-refractivity contribution in [2.75, 3.05) is 6.54 Å². The maximum Gasteiger partial charge on any atom is 0.0320 e. The molecule has 0 amide bonds. The summed E-state index contributed by atoms with van der Waals surface area (Å²) in [6.07, 6.45) is 3.95. The van der Waals surface area contributed by atoms with Gasteiger partial charge in [0.25, 0.3) is 0 Å². The molecule has 3 rings (SSSR count). The van der Waals surface area contributed by atoms with Gasteiger partial charge in [-0.2, -0.15) is 0 Å². The molecular weight excluding hydrogens is 194 g/mol. The number of hydrogen-bond donors (Lipinski definition) is 1. The van der Waals surface area contributed by atoms with Gasteiger partial charge < -0.3 is 5.32 Å². The molecule has 82 valence electrons. The lowest BCUT2D eigenvalue weighted by Gasteiger charge is -2.24. The van der Waals surface area contributed by atoms with E-state index in [1.54, 1.807) is 0 Å². The summed E-state index contributed by atoms with van der Waals surface area (Å²) in [4.78, 5) is 0. The van der Waals surface area contributed by atoms with E-state index >= 15 is 0 Å². The van der Waals surface area contributed by atoms with Crippen LogP contribution in [0, 0.1) is 0 Å². The van der Waals surface area contributed by atoms with Crippen molar-refractivity contribution in [2.24, 2.45) is 0 Å². The zero-order valence-corrected chi connectivity index (χ0v) is 9.45. The Bertz CT molecular complexity index is 484. The molecule has 0 saturated carbocycles. The van der Waals surface area contributed by atoms with Crippen LogP contribution in [0.25, 0.3) is 10.8 Å². The van der Waals surface area contributed by atoms with E-state index in [-0.39, 0.29) is 0 Å². The summed E-state index contributed by atoms with van der Waals surface area (Å²) in [5.74, 6) is 0. The molecule has 0 aliphatic carbocycles. The molecule has 1 aliphatic heterocycles. The Morgan fingerprint density at radius 3 is 2.62 bits per heavy atom. The lowest BCUT2D eigenvalue weighted by Crippen LogP contribution is -2.26. The van der Waals surface area contributed by atoms with Crippen LogP contribution in [0.4, 0.5) is 0 Å². The van der Waals surface area contributed by atoms with Crippen LogP contribution in [0.15, 0.2) is 42.5 Å². The summed E-state index contributed by atoms with van der Waals surface area (Å²) in [7, 11) is 0. The quantitative estimate of drug-likeness (QED) is 0.759. The summed E-state index contributed by atoms with van der Waals surface area (Å²) in [6.45, 7) is 1.16. The summed E-state index contributed by atoms with van der Waals surface area (Å²) >= 11 is 0. The molecule has 0 spiro atoms. The smallest absolute Gasteiger partial charge is 0.0320 e. The topological polar surface area (TPSA) is 12.0 Å². The predicted molar refractivity (Wildman–Crippen MR) is 68.5 cm³/mol. The first kappa shape index (κ1) is 9.86. The number of piperidine rings is 1. The highest BCUT2D eigenvalue weighted by atomic mass is 14.9. The van der Waals surface area contributed by atoms with Crippen LogP contribution in [-0.2, 0) is 0 Å². The van der Waals surface area contributed by atoms with E-state index in [1.165, 1.54) is 35.6 Å². The number of hydrogen-bond acceptors (Lipinski definition) is 1. The lowest BCUT2D eigenvalue weighted by atomic mass is 9.95. The van der Waals surface area contributed by atoms with Crippen LogP contribution in [0.3, 0.4) is 0 Å². The Kier molecular flexibility index (Phi) is 2.63. The SMILES string of the molecule is c1ccc2cc(C3CCCCN3)ccc2c1. The average molecular weight is 211 g/mol. The fourth-order valence-corrected chi connectivity index (χ4v) is 2.56. The molecule has 2 aromatic rings. The molecule has 1 saturated heterocycles. The van der Waals surface area contributed by atoms with E-state index in [1.807, 2.05) is 0 Å². The summed E-state index contributed by atoms with van der Waals surface area (Å²) in [6, 6.07) is 16.0. The number of rotatable bonds is 1. The van der Waals surface area contributed by atoms with Gasteiger partial charge in [-0.25, -0.2) is 0 Å². The molecule has 1 N–H and O–H groups in total. The number of nitrogens with one attached hydrogen (secondary N) is 1. The first-order valence-corrected chi connectivity index (χ1v) is 6.15. The highest BCUT2D eigenvalue weighted by Gasteiger charge is 2.14. The third-order valence-electron chi connectivity index (χ3n) is 3.49. The first-order valence-electron chi connectivity index (χ1n) is 6.15. The van der Waals surface area contributed by atoms with Crippen molar-refractivity contribution in [2.45, 2.75) is 25.3 Å². The van der Waals surface area contributed by atoms with Crippen molar-refractivity contribution in [3.05, 3.63) is 48.0 Å². The van der Waals surface area contributed by atoms with Crippen molar-refractivity contribution in [1.29, 1.82) is 0 Å². The molecular formula is C15H17N. The van der Waals surface area contributed by atoms with Crippen molar-refractivity contribution in [3.63, 3.8) is 0 Å². The standard InChI is InChI=1S/C15H17N/c1-2-6-13-11-14(9-8-12(13)5-1)15-7-3-4-10-16-15/h1-2,5-6,8-9,11,15-16H,3-4,7,10H2. The molecule has 16 heavy (non-hydrogen) atoms. The van der Waals surface area contributed by atoms with E-state index < -0.39 is 0 Å². The predicted octanol–water partition coefficient (Wildman–Crippen LogP) is 3.65. The van der Waals surface area contributed by atoms with Gasteiger partial charge in [-0.3, -0.25) is 0 Å². The zero-order chi connectivity index (χ0) is 10.8. The summed E-state index contributed by atoms with van der Waals surface area (Å²) < 4.78 is 0. The highest BCUT2D eigenvalue weighted by Crippen LogP contribution is 2.25. The molecule has 1 heterocycles. The Morgan fingerprint density at radius 1 is 0.938 bits per heavy atom. The molecule has 0 radical (unpaired) electrons. The van der Waals surface area contributed by atoms with E-state index in [9.17, 15) is 0 Å². The Morgan fingerprint density at radius 2 is 1.81 bits per heavy atom. The second-order valence-corrected chi connectivity index (χ2v) is 4.61. The molecule has 0 bridgehead atoms. The second-order valence-electron chi connectivity index (χ2n) is 4.61. The fraction of sp³-hybridized carbons (Fsp3) is 0.333. The molecule has 1 heteroatoms. The minimum Gasteiger partial charge on any atom is -0.310 e. The maximum absolute atomic E-state index is 3.60. The third kappa shape index (κ3) is 1.83. The number of benzene rings is 2. The number of fused-ring (bicyclic) bond motifs is 1. The van der Waals surface area contributed by atoms with Crippen LogP contribution >= 0.6 is 0 Å². The van der Waals surface area contributed by atoms with Crippen LogP contribution in [0.2, 0.25) is 0 Å². The van der Waals surface area contributed by atoms with Crippen molar-refractivity contribution in [3.8, 4) is 0 Å². The monoisotopic (exact) mass is 211 g/mol. The maximum atomic E-state index is 3.60. The fourth-order valence-electron chi connectivity index (χ4n) is 2.56. The summed E-state index contributed by atoms with van der Waals surface area (Å²) in [5.41, 5.74) is 1.44. The van der Waals surface area contributed by atoms with Crippen LogP contribution < -0.4 is 5.32 Å². The second kappa shape index (κ2) is 4.26. The van der Waals surface area contributed by atoms with Crippen molar-refractivity contribution >= 4 is 10.8 Å². The minimum absolute atomic E-state index is 0.568. The molecule has 1 atom stereocenters. The van der Waals surface area contributed by atoms with Crippen LogP contribution in [0.1, 0.15) is 30.9 Å². The van der Waals surface area contributed by atoms with Gasteiger partial charge >= 0.3 is 0 Å². The van der Waals surface area contributed by atoms with E-state index in [0.29, 0.717) is 6.04 Å². The Balaban J connectivity index is 1.97. The average Bonchev–Trinajstić information content (AvgIpc) is 2.39. The van der Waals surface area contributed by atoms with Crippen LogP contribution in [0.5, 0.6) is 0 Å². The van der Waals surface area contributed by atoms with Gasteiger partial charge in [0.2, 0.25) is 0 Å². The molecule has 1 aliphatic rings. The van der Waals surface area contributed by atoms with Crippen molar-refractivity contribution in [1.82, 2.24) is 5.32 Å². The van der Waals surface area contributed by atoms with Gasteiger partial charge in [0, 0.05) is 6.04 Å². The van der Waals surface area contributed by atoms with E-state index in [2.05, 4.69) is 47.8 Å². The lowest BCUT2D eigenvalue weighted by molar-refractivity contribution is 0.412. The third-order valence-corrected chi connectivity index (χ3v) is 3.49. The normalized spacial score (nSPS) is 21.1. The van der Waals surface area contributed by atoms with Gasteiger partial charge in [-0.15, -0.1) is 0 Å². The molecule has 2 aromatic carbocycles. The van der Waals surface area contributed by atoms with Gasteiger partial charge in [-0.1, -0.05) is 42.8 Å². The van der Waals surface area contributed by atoms with Gasteiger partial charge in [-0.05, 0) is 41.8 Å². The Hall–Kier alpha value is -1.34. The first-order chi connectivity index (χ1) is 7.93. The highest BCUT2D eigenvalue weighted by molar-refractivity contribution is 5.83. The minimum atomic E-state index is 0.568. The van der Waals surface area contributed by atoms with E-state index in [4.69, 9.17) is 0 Å². The molecule has 1 nitrogen and oxygen atoms in total. The van der Waals surface area contributed by atoms with E-state index in [0.717, 1.165) is 6.54 Å².